The monoisotopic (exact) mass is 340 g/mol. The molecule has 0 radical (unpaired) electrons. The van der Waals surface area contributed by atoms with Gasteiger partial charge in [-0.15, -0.1) is 0 Å². The molecule has 0 atom stereocenters. The van der Waals surface area contributed by atoms with E-state index in [1.54, 1.807) is 0 Å². The molecule has 0 bridgehead atoms. The van der Waals surface area contributed by atoms with Crippen LogP contribution in [-0.4, -0.2) is 40.0 Å². The van der Waals surface area contributed by atoms with Gasteiger partial charge < -0.3 is 15.0 Å². The van der Waals surface area contributed by atoms with Crippen LogP contribution in [0.4, 0.5) is 5.95 Å². The summed E-state index contributed by atoms with van der Waals surface area (Å²) in [6.07, 6.45) is 0. The third-order valence-electron chi connectivity index (χ3n) is 4.20. The van der Waals surface area contributed by atoms with Crippen LogP contribution >= 0.6 is 0 Å². The summed E-state index contributed by atoms with van der Waals surface area (Å²) in [7, 11) is 0. The van der Waals surface area contributed by atoms with Gasteiger partial charge in [-0.25, -0.2) is 9.97 Å². The van der Waals surface area contributed by atoms with Gasteiger partial charge in [0, 0.05) is 23.7 Å². The SMILES string of the molecule is CCNc1nc2c(c(-c3ccccc3OCC)n1)CN(C(C)C)C2=O. The first-order valence-electron chi connectivity index (χ1n) is 8.74. The summed E-state index contributed by atoms with van der Waals surface area (Å²) in [6, 6.07) is 7.91. The predicted octanol–water partition coefficient (Wildman–Crippen LogP) is 3.34. The molecular weight excluding hydrogens is 316 g/mol. The summed E-state index contributed by atoms with van der Waals surface area (Å²) in [5.41, 5.74) is 3.01. The van der Waals surface area contributed by atoms with Gasteiger partial charge in [-0.2, -0.15) is 0 Å². The van der Waals surface area contributed by atoms with Gasteiger partial charge in [-0.1, -0.05) is 12.1 Å². The quantitative estimate of drug-likeness (QED) is 0.873. The van der Waals surface area contributed by atoms with Crippen LogP contribution in [0.25, 0.3) is 11.3 Å². The highest BCUT2D eigenvalue weighted by Gasteiger charge is 2.34. The lowest BCUT2D eigenvalue weighted by Gasteiger charge is -2.19. The maximum Gasteiger partial charge on any atom is 0.273 e. The lowest BCUT2D eigenvalue weighted by atomic mass is 10.0. The maximum absolute atomic E-state index is 12.8. The summed E-state index contributed by atoms with van der Waals surface area (Å²) in [5.74, 6) is 1.20. The first kappa shape index (κ1) is 17.2. The van der Waals surface area contributed by atoms with Crippen molar-refractivity contribution in [3.8, 4) is 17.0 Å². The molecule has 1 N–H and O–H groups in total. The molecule has 0 saturated carbocycles. The standard InChI is InChI=1S/C19H24N4O2/c1-5-20-19-21-16(13-9-7-8-10-15(13)25-6-2)14-11-23(12(3)4)18(24)17(14)22-19/h7-10,12H,5-6,11H2,1-4H3,(H,20,21,22). The van der Waals surface area contributed by atoms with E-state index in [2.05, 4.69) is 10.3 Å². The summed E-state index contributed by atoms with van der Waals surface area (Å²) < 4.78 is 5.77. The topological polar surface area (TPSA) is 67.4 Å². The van der Waals surface area contributed by atoms with Crippen molar-refractivity contribution in [3.63, 3.8) is 0 Å². The second kappa shape index (κ2) is 7.09. The van der Waals surface area contributed by atoms with Crippen LogP contribution in [-0.2, 0) is 6.54 Å². The molecule has 1 aromatic carbocycles. The molecule has 1 aromatic heterocycles. The number of para-hydroxylation sites is 1. The van der Waals surface area contributed by atoms with Crippen molar-refractivity contribution in [2.24, 2.45) is 0 Å². The Hall–Kier alpha value is -2.63. The largest absolute Gasteiger partial charge is 0.493 e. The van der Waals surface area contributed by atoms with E-state index in [4.69, 9.17) is 9.72 Å². The third kappa shape index (κ3) is 3.16. The van der Waals surface area contributed by atoms with Gasteiger partial charge in [0.2, 0.25) is 5.95 Å². The number of carbonyl (C=O) groups excluding carboxylic acids is 1. The number of benzene rings is 1. The van der Waals surface area contributed by atoms with Crippen LogP contribution in [0.1, 0.15) is 43.7 Å². The molecule has 132 valence electrons. The fourth-order valence-electron chi connectivity index (χ4n) is 3.01. The number of anilines is 1. The first-order chi connectivity index (χ1) is 12.1. The van der Waals surface area contributed by atoms with E-state index in [1.165, 1.54) is 0 Å². The molecule has 0 saturated heterocycles. The van der Waals surface area contributed by atoms with E-state index in [1.807, 2.05) is 56.9 Å². The number of aromatic nitrogens is 2. The highest BCUT2D eigenvalue weighted by molar-refractivity contribution is 5.99. The second-order valence-electron chi connectivity index (χ2n) is 6.21. The van der Waals surface area contributed by atoms with E-state index in [0.717, 1.165) is 22.6 Å². The Labute approximate surface area is 148 Å². The molecule has 3 rings (SSSR count). The van der Waals surface area contributed by atoms with Gasteiger partial charge in [0.25, 0.3) is 5.91 Å². The lowest BCUT2D eigenvalue weighted by molar-refractivity contribution is 0.0726. The Morgan fingerprint density at radius 3 is 2.60 bits per heavy atom. The summed E-state index contributed by atoms with van der Waals surface area (Å²) in [5, 5.41) is 3.13. The molecular formula is C19H24N4O2. The van der Waals surface area contributed by atoms with Crippen molar-refractivity contribution in [1.29, 1.82) is 0 Å². The second-order valence-corrected chi connectivity index (χ2v) is 6.21. The minimum atomic E-state index is -0.0401. The zero-order valence-electron chi connectivity index (χ0n) is 15.2. The minimum Gasteiger partial charge on any atom is -0.493 e. The normalized spacial score (nSPS) is 13.3. The number of rotatable bonds is 6. The average molecular weight is 340 g/mol. The molecule has 0 unspecified atom stereocenters. The highest BCUT2D eigenvalue weighted by Crippen LogP contribution is 2.36. The smallest absolute Gasteiger partial charge is 0.273 e. The van der Waals surface area contributed by atoms with Crippen molar-refractivity contribution in [2.45, 2.75) is 40.3 Å². The van der Waals surface area contributed by atoms with E-state index >= 15 is 0 Å². The van der Waals surface area contributed by atoms with Gasteiger partial charge in [0.1, 0.15) is 11.4 Å². The van der Waals surface area contributed by atoms with Crippen LogP contribution in [0.2, 0.25) is 0 Å². The molecule has 1 amide bonds. The van der Waals surface area contributed by atoms with Gasteiger partial charge >= 0.3 is 0 Å². The molecule has 0 aliphatic carbocycles. The molecule has 2 heterocycles. The molecule has 0 fully saturated rings. The van der Waals surface area contributed by atoms with E-state index in [0.29, 0.717) is 31.3 Å². The van der Waals surface area contributed by atoms with Crippen LogP contribution in [0.15, 0.2) is 24.3 Å². The summed E-state index contributed by atoms with van der Waals surface area (Å²) >= 11 is 0. The zero-order chi connectivity index (χ0) is 18.0. The van der Waals surface area contributed by atoms with Crippen molar-refractivity contribution < 1.29 is 9.53 Å². The van der Waals surface area contributed by atoms with Crippen molar-refractivity contribution in [1.82, 2.24) is 14.9 Å². The van der Waals surface area contributed by atoms with E-state index in [9.17, 15) is 4.79 Å². The van der Waals surface area contributed by atoms with Crippen LogP contribution in [0.5, 0.6) is 5.75 Å². The maximum atomic E-state index is 12.8. The van der Waals surface area contributed by atoms with Crippen LogP contribution in [0.3, 0.4) is 0 Å². The molecule has 1 aliphatic heterocycles. The van der Waals surface area contributed by atoms with Crippen molar-refractivity contribution >= 4 is 11.9 Å². The number of nitrogens with one attached hydrogen (secondary N) is 1. The Kier molecular flexibility index (Phi) is 4.88. The Bertz CT molecular complexity index is 789. The molecule has 6 heteroatoms. The number of hydrogen-bond acceptors (Lipinski definition) is 5. The molecule has 25 heavy (non-hydrogen) atoms. The summed E-state index contributed by atoms with van der Waals surface area (Å²) in [4.78, 5) is 23.7. The average Bonchev–Trinajstić information content (AvgIpc) is 2.93. The van der Waals surface area contributed by atoms with Gasteiger partial charge in [0.05, 0.1) is 18.8 Å². The fraction of sp³-hybridized carbons (Fsp3) is 0.421. The zero-order valence-corrected chi connectivity index (χ0v) is 15.2. The number of carbonyl (C=O) groups is 1. The number of nitrogens with zero attached hydrogens (tertiary/aromatic N) is 3. The van der Waals surface area contributed by atoms with E-state index < -0.39 is 0 Å². The Balaban J connectivity index is 2.18. The number of ether oxygens (including phenoxy) is 1. The number of fused-ring (bicyclic) bond motifs is 1. The molecule has 1 aliphatic rings. The van der Waals surface area contributed by atoms with Gasteiger partial charge in [-0.3, -0.25) is 4.79 Å². The first-order valence-corrected chi connectivity index (χ1v) is 8.74. The van der Waals surface area contributed by atoms with Crippen molar-refractivity contribution in [2.75, 3.05) is 18.5 Å². The predicted molar refractivity (Wildman–Crippen MR) is 97.8 cm³/mol. The minimum absolute atomic E-state index is 0.0401. The van der Waals surface area contributed by atoms with Crippen molar-refractivity contribution in [3.05, 3.63) is 35.5 Å². The Morgan fingerprint density at radius 1 is 1.20 bits per heavy atom. The number of amides is 1. The van der Waals surface area contributed by atoms with Crippen LogP contribution in [0, 0.1) is 0 Å². The van der Waals surface area contributed by atoms with Gasteiger partial charge in [0.15, 0.2) is 0 Å². The van der Waals surface area contributed by atoms with Gasteiger partial charge in [-0.05, 0) is 39.8 Å². The lowest BCUT2D eigenvalue weighted by Crippen LogP contribution is -2.31. The third-order valence-corrected chi connectivity index (χ3v) is 4.20. The molecule has 0 spiro atoms. The number of hydrogen-bond donors (Lipinski definition) is 1. The summed E-state index contributed by atoms with van der Waals surface area (Å²) in [6.45, 7) is 9.73. The molecule has 2 aromatic rings. The van der Waals surface area contributed by atoms with E-state index in [-0.39, 0.29) is 11.9 Å². The fourth-order valence-corrected chi connectivity index (χ4v) is 3.01. The Morgan fingerprint density at radius 2 is 1.92 bits per heavy atom. The highest BCUT2D eigenvalue weighted by atomic mass is 16.5. The molecule has 6 nitrogen and oxygen atoms in total. The van der Waals surface area contributed by atoms with Crippen LogP contribution < -0.4 is 10.1 Å².